The van der Waals surface area contributed by atoms with Crippen molar-refractivity contribution in [3.63, 3.8) is 0 Å². The molecule has 0 bridgehead atoms. The Labute approximate surface area is 340 Å². The molecule has 3 unspecified atom stereocenters. The van der Waals surface area contributed by atoms with Gasteiger partial charge in [-0.2, -0.15) is 0 Å². The Morgan fingerprint density at radius 1 is 0.820 bits per heavy atom. The number of hydrogen-bond donors (Lipinski definition) is 12. The summed E-state index contributed by atoms with van der Waals surface area (Å²) in [5.74, 6) is -0.501. The van der Waals surface area contributed by atoms with E-state index in [1.165, 1.54) is 35.9 Å². The summed E-state index contributed by atoms with van der Waals surface area (Å²) >= 11 is 0. The molecule has 2 saturated heterocycles. The average molecular weight is 937 g/mol. The number of phosphoric ester groups is 3. The topological polar surface area (TPSA) is 448 Å². The summed E-state index contributed by atoms with van der Waals surface area (Å²) in [6, 6.07) is 0. The molecule has 0 aliphatic carbocycles. The number of rotatable bonds is 20. The summed E-state index contributed by atoms with van der Waals surface area (Å²) in [5, 5.41) is 32.3. The van der Waals surface area contributed by atoms with Gasteiger partial charge in [0.25, 0.3) is 23.0 Å². The first kappa shape index (κ1) is 46.8. The molecule has 14 N–H and O–H groups in total. The second kappa shape index (κ2) is 18.6. The zero-order chi connectivity index (χ0) is 44.6. The number of nitrogens with two attached hydrogens (primary N) is 2. The molecule has 31 nitrogen and oxygen atoms in total. The summed E-state index contributed by atoms with van der Waals surface area (Å²) in [5.41, 5.74) is 10.1. The van der Waals surface area contributed by atoms with Crippen molar-refractivity contribution in [3.8, 4) is 0 Å². The molecular weight excluding hydrogens is 893 g/mol. The van der Waals surface area contributed by atoms with Crippen molar-refractivity contribution in [1.82, 2.24) is 29.5 Å². The fourth-order valence-electron chi connectivity index (χ4n) is 6.33. The molecular formula is C27H43N10O21P3+2. The number of imidazole rings is 2. The highest BCUT2D eigenvalue weighted by atomic mass is 31.2. The highest BCUT2D eigenvalue weighted by molar-refractivity contribution is 7.47. The van der Waals surface area contributed by atoms with Crippen LogP contribution in [0.1, 0.15) is 12.5 Å². The first-order chi connectivity index (χ1) is 28.6. The monoisotopic (exact) mass is 936 g/mol. The molecule has 2 fully saturated rings. The molecule has 340 valence electrons. The van der Waals surface area contributed by atoms with E-state index in [0.29, 0.717) is 0 Å². The molecule has 2 aliphatic heterocycles. The predicted molar refractivity (Wildman–Crippen MR) is 195 cm³/mol. The standard InChI is InChI=1S/C27H41N10O21P3/c1-35-10-37(21-15(35)23(42)34-27(29)32-21)25-19(51-4-3-50-2)17(39)13(57-25)8-55-61(48,49)53-6-11(58-59(43,44)45)5-52-60(46,47)54-7-12-16(38)18(40)24(56-12)36-9-30-14-20(36)31-26(28)33-22(14)41/h9-13,16-19,24-25,38-40H,3-8H2,1-2H3,(H9-,28,29,31,32,33,34,41,42,43,44,45,46,47,48,49)/p+2/t11?,12-,13-,16-,17-,18-,19-,24-,25-/m1/s1. The lowest BCUT2D eigenvalue weighted by molar-refractivity contribution is -0.746. The summed E-state index contributed by atoms with van der Waals surface area (Å²) in [4.78, 5) is 79.6. The van der Waals surface area contributed by atoms with Gasteiger partial charge in [0.05, 0.1) is 46.7 Å². The molecule has 4 aromatic heterocycles. The number of aromatic amines is 3. The van der Waals surface area contributed by atoms with Crippen LogP contribution in [-0.2, 0) is 62.3 Å². The minimum atomic E-state index is -5.43. The van der Waals surface area contributed by atoms with E-state index in [-0.39, 0.29) is 47.4 Å². The number of hydrogen-bond acceptors (Lipinski definition) is 21. The van der Waals surface area contributed by atoms with Gasteiger partial charge in [0.1, 0.15) is 42.7 Å². The molecule has 34 heteroatoms. The molecule has 0 spiro atoms. The SMILES string of the molecule is COCCO[C@@H]1[C@H](O)[C@@H](COP(=O)(O)OCC(COP(=O)(O)OC[C@H]2O[C@@H]([n+]3c[nH]c4c(=O)[nH]c(N)nc43)[C@H](O)[C@@H]2O)OP(=O)(O)O)O[C@H]1[n+]1cn(C)c2c(=O)[nH]c(N)nc21. The number of aryl methyl sites for hydroxylation is 1. The molecule has 0 saturated carbocycles. The van der Waals surface area contributed by atoms with E-state index < -0.39 is 116 Å². The number of anilines is 2. The maximum absolute atomic E-state index is 12.9. The van der Waals surface area contributed by atoms with E-state index in [9.17, 15) is 58.2 Å². The number of fused-ring (bicyclic) bond motifs is 2. The molecule has 4 aromatic rings. The van der Waals surface area contributed by atoms with Crippen molar-refractivity contribution in [2.24, 2.45) is 7.05 Å². The number of ether oxygens (including phenoxy) is 4. The lowest BCUT2D eigenvalue weighted by atomic mass is 10.1. The van der Waals surface area contributed by atoms with Crippen LogP contribution in [0.15, 0.2) is 22.2 Å². The van der Waals surface area contributed by atoms with E-state index in [2.05, 4.69) is 29.4 Å². The van der Waals surface area contributed by atoms with E-state index in [1.807, 2.05) is 0 Å². The van der Waals surface area contributed by atoms with Crippen LogP contribution in [-0.4, -0.2) is 154 Å². The zero-order valence-corrected chi connectivity index (χ0v) is 34.4. The van der Waals surface area contributed by atoms with Crippen LogP contribution < -0.4 is 31.7 Å². The van der Waals surface area contributed by atoms with E-state index in [0.717, 1.165) is 4.57 Å². The second-order valence-electron chi connectivity index (χ2n) is 13.4. The fraction of sp³-hybridized carbons (Fsp3) is 0.630. The first-order valence-electron chi connectivity index (χ1n) is 17.6. The fourth-order valence-corrected chi connectivity index (χ4v) is 8.37. The third kappa shape index (κ3) is 10.9. The number of phosphoric acid groups is 3. The van der Waals surface area contributed by atoms with Crippen molar-refractivity contribution < 1.29 is 99.3 Å². The molecule has 11 atom stereocenters. The Hall–Kier alpha value is -3.65. The Bertz CT molecular complexity index is 2460. The highest BCUT2D eigenvalue weighted by Gasteiger charge is 2.50. The van der Waals surface area contributed by atoms with Gasteiger partial charge in [0, 0.05) is 7.11 Å². The Kier molecular flexibility index (Phi) is 14.3. The van der Waals surface area contributed by atoms with Crippen LogP contribution in [0.5, 0.6) is 0 Å². The average Bonchev–Trinajstić information content (AvgIpc) is 3.90. The molecule has 0 aromatic carbocycles. The van der Waals surface area contributed by atoms with Crippen molar-refractivity contribution in [3.05, 3.63) is 33.4 Å². The minimum absolute atomic E-state index is 0.0384. The lowest BCUT2D eigenvalue weighted by Gasteiger charge is -2.22. The number of nitrogens with one attached hydrogen (secondary N) is 3. The number of aliphatic hydroxyl groups excluding tert-OH is 3. The number of nitrogen functional groups attached to an aromatic ring is 2. The third-order valence-electron chi connectivity index (χ3n) is 9.03. The van der Waals surface area contributed by atoms with Gasteiger partial charge >= 0.3 is 34.8 Å². The second-order valence-corrected chi connectivity index (χ2v) is 17.5. The summed E-state index contributed by atoms with van der Waals surface area (Å²) in [7, 11) is -12.9. The minimum Gasteiger partial charge on any atom is -0.387 e. The number of aliphatic hydroxyl groups is 3. The summed E-state index contributed by atoms with van der Waals surface area (Å²) < 4.78 is 87.4. The van der Waals surface area contributed by atoms with Crippen molar-refractivity contribution in [2.75, 3.05) is 58.2 Å². The van der Waals surface area contributed by atoms with Gasteiger partial charge in [0.2, 0.25) is 23.5 Å². The summed E-state index contributed by atoms with van der Waals surface area (Å²) in [6.45, 7) is -4.17. The van der Waals surface area contributed by atoms with Crippen molar-refractivity contribution in [2.45, 2.75) is 55.2 Å². The zero-order valence-electron chi connectivity index (χ0n) is 31.7. The van der Waals surface area contributed by atoms with E-state index in [1.54, 1.807) is 0 Å². The van der Waals surface area contributed by atoms with Crippen LogP contribution in [0, 0.1) is 0 Å². The Balaban J connectivity index is 1.05. The smallest absolute Gasteiger partial charge is 0.387 e. The highest BCUT2D eigenvalue weighted by Crippen LogP contribution is 2.48. The molecule has 2 aliphatic rings. The molecule has 0 radical (unpaired) electrons. The van der Waals surface area contributed by atoms with Gasteiger partial charge in [-0.1, -0.05) is 9.97 Å². The third-order valence-corrected chi connectivity index (χ3v) is 11.5. The molecule has 6 rings (SSSR count). The normalized spacial score (nSPS) is 27.2. The number of nitrogens with zero attached hydrogens (tertiary/aromatic N) is 5. The van der Waals surface area contributed by atoms with Gasteiger partial charge in [0.15, 0.2) is 12.7 Å². The van der Waals surface area contributed by atoms with Gasteiger partial charge < -0.3 is 65.3 Å². The van der Waals surface area contributed by atoms with E-state index in [4.69, 9.17) is 48.5 Å². The van der Waals surface area contributed by atoms with Crippen molar-refractivity contribution >= 4 is 57.7 Å². The van der Waals surface area contributed by atoms with Gasteiger partial charge in [-0.25, -0.2) is 22.8 Å². The van der Waals surface area contributed by atoms with Crippen LogP contribution in [0.3, 0.4) is 0 Å². The number of methoxy groups -OCH3 is 1. The van der Waals surface area contributed by atoms with Gasteiger partial charge in [-0.05, 0) is 0 Å². The van der Waals surface area contributed by atoms with Gasteiger partial charge in [-0.15, -0.1) is 0 Å². The maximum atomic E-state index is 12.9. The van der Waals surface area contributed by atoms with Crippen LogP contribution in [0.25, 0.3) is 22.3 Å². The largest absolute Gasteiger partial charge is 0.472 e. The van der Waals surface area contributed by atoms with Gasteiger partial charge in [-0.3, -0.25) is 51.7 Å². The molecule has 61 heavy (non-hydrogen) atoms. The summed E-state index contributed by atoms with van der Waals surface area (Å²) in [6.07, 6.45) is -11.2. The first-order valence-corrected chi connectivity index (χ1v) is 22.1. The Morgan fingerprint density at radius 3 is 2.00 bits per heavy atom. The van der Waals surface area contributed by atoms with Crippen LogP contribution >= 0.6 is 23.5 Å². The Morgan fingerprint density at radius 2 is 1.39 bits per heavy atom. The molecule has 0 amide bonds. The predicted octanol–water partition coefficient (Wildman–Crippen LogP) is -5.08. The maximum Gasteiger partial charge on any atom is 0.472 e. The van der Waals surface area contributed by atoms with Crippen LogP contribution in [0.2, 0.25) is 0 Å². The molecule has 6 heterocycles. The number of H-pyrrole nitrogens is 3. The number of aromatic nitrogens is 8. The van der Waals surface area contributed by atoms with E-state index >= 15 is 0 Å². The quantitative estimate of drug-likeness (QED) is 0.0224. The lowest BCUT2D eigenvalue weighted by Crippen LogP contribution is -2.47. The van der Waals surface area contributed by atoms with Crippen LogP contribution in [0.4, 0.5) is 11.9 Å². The van der Waals surface area contributed by atoms with Crippen molar-refractivity contribution in [1.29, 1.82) is 0 Å².